The van der Waals surface area contributed by atoms with Crippen molar-refractivity contribution in [2.75, 3.05) is 0 Å². The number of aliphatic carboxylic acids is 3. The molecule has 0 bridgehead atoms. The van der Waals surface area contributed by atoms with Gasteiger partial charge in [-0.05, 0) is 17.9 Å². The zero-order chi connectivity index (χ0) is 27.4. The van der Waals surface area contributed by atoms with Crippen molar-refractivity contribution in [2.45, 2.75) is 63.7 Å². The summed E-state index contributed by atoms with van der Waals surface area (Å²) in [5.74, 6) is -7.09. The highest BCUT2D eigenvalue weighted by atomic mass is 16.4. The SMILES string of the molecule is CC(C)CC(NC(=O)C(N)CC(=O)O)C(=O)NC(CC(=O)O)C(=O)NC(Cc1ccccc1)C(=O)O. The first-order valence-corrected chi connectivity index (χ1v) is 11.2. The van der Waals surface area contributed by atoms with Crippen molar-refractivity contribution in [2.24, 2.45) is 11.7 Å². The molecule has 0 aliphatic heterocycles. The van der Waals surface area contributed by atoms with Crippen LogP contribution in [0.25, 0.3) is 0 Å². The summed E-state index contributed by atoms with van der Waals surface area (Å²) in [5, 5.41) is 34.4. The molecule has 0 spiro atoms. The summed E-state index contributed by atoms with van der Waals surface area (Å²) in [7, 11) is 0. The van der Waals surface area contributed by atoms with E-state index in [9.17, 15) is 39.0 Å². The first kappa shape index (κ1) is 30.0. The van der Waals surface area contributed by atoms with Crippen LogP contribution >= 0.6 is 0 Å². The van der Waals surface area contributed by atoms with Gasteiger partial charge in [0.1, 0.15) is 18.1 Å². The average molecular weight is 509 g/mol. The highest BCUT2D eigenvalue weighted by Crippen LogP contribution is 2.08. The van der Waals surface area contributed by atoms with Gasteiger partial charge in [0.2, 0.25) is 17.7 Å². The molecule has 0 aliphatic carbocycles. The number of rotatable bonds is 15. The molecule has 0 aromatic heterocycles. The molecule has 0 aliphatic rings. The number of nitrogens with one attached hydrogen (secondary N) is 3. The average Bonchev–Trinajstić information content (AvgIpc) is 2.77. The van der Waals surface area contributed by atoms with E-state index in [-0.39, 0.29) is 18.8 Å². The van der Waals surface area contributed by atoms with Crippen LogP contribution in [0.3, 0.4) is 0 Å². The van der Waals surface area contributed by atoms with Crippen molar-refractivity contribution in [1.82, 2.24) is 16.0 Å². The Hall–Kier alpha value is -4.00. The summed E-state index contributed by atoms with van der Waals surface area (Å²) in [6.45, 7) is 3.48. The van der Waals surface area contributed by atoms with Gasteiger partial charge in [0.05, 0.1) is 18.9 Å². The molecule has 1 aromatic rings. The number of carbonyl (C=O) groups is 6. The van der Waals surface area contributed by atoms with Gasteiger partial charge in [-0.15, -0.1) is 0 Å². The van der Waals surface area contributed by atoms with Crippen LogP contribution in [0.4, 0.5) is 0 Å². The van der Waals surface area contributed by atoms with Crippen LogP contribution in [-0.4, -0.2) is 75.1 Å². The smallest absolute Gasteiger partial charge is 0.326 e. The first-order valence-electron chi connectivity index (χ1n) is 11.2. The van der Waals surface area contributed by atoms with Gasteiger partial charge >= 0.3 is 17.9 Å². The minimum Gasteiger partial charge on any atom is -0.481 e. The molecule has 4 atom stereocenters. The lowest BCUT2D eigenvalue weighted by molar-refractivity contribution is -0.143. The predicted octanol–water partition coefficient (Wildman–Crippen LogP) is -0.909. The molecule has 198 valence electrons. The molecule has 3 amide bonds. The van der Waals surface area contributed by atoms with Gasteiger partial charge < -0.3 is 37.0 Å². The van der Waals surface area contributed by atoms with Crippen LogP contribution in [0, 0.1) is 5.92 Å². The first-order chi connectivity index (χ1) is 16.8. The molecule has 0 saturated carbocycles. The summed E-state index contributed by atoms with van der Waals surface area (Å²) in [6, 6.07) is 2.71. The van der Waals surface area contributed by atoms with E-state index in [0.717, 1.165) is 0 Å². The molecular weight excluding hydrogens is 476 g/mol. The lowest BCUT2D eigenvalue weighted by atomic mass is 10.0. The Labute approximate surface area is 207 Å². The standard InChI is InChI=1S/C23H32N4O9/c1-12(2)8-15(25-20(32)14(24)10-18(28)29)21(33)26-16(11-19(30)31)22(34)27-17(23(35)36)9-13-6-4-3-5-7-13/h3-7,12,14-17H,8-11,24H2,1-2H3,(H,25,32)(H,26,33)(H,27,34)(H,28,29)(H,30,31)(H,35,36). The minimum atomic E-state index is -1.65. The number of nitrogens with two attached hydrogens (primary N) is 1. The van der Waals surface area contributed by atoms with Crippen molar-refractivity contribution in [1.29, 1.82) is 0 Å². The van der Waals surface area contributed by atoms with Crippen molar-refractivity contribution in [3.63, 3.8) is 0 Å². The molecule has 1 rings (SSSR count). The molecule has 0 fully saturated rings. The Morgan fingerprint density at radius 1 is 0.750 bits per heavy atom. The van der Waals surface area contributed by atoms with Gasteiger partial charge in [-0.3, -0.25) is 24.0 Å². The monoisotopic (exact) mass is 508 g/mol. The Kier molecular flexibility index (Phi) is 12.0. The molecule has 13 nitrogen and oxygen atoms in total. The molecule has 0 saturated heterocycles. The molecule has 1 aromatic carbocycles. The van der Waals surface area contributed by atoms with Gasteiger partial charge in [0, 0.05) is 6.42 Å². The fourth-order valence-electron chi connectivity index (χ4n) is 3.24. The maximum absolute atomic E-state index is 12.9. The zero-order valence-electron chi connectivity index (χ0n) is 20.0. The number of hydrogen-bond donors (Lipinski definition) is 7. The van der Waals surface area contributed by atoms with Gasteiger partial charge in [0.15, 0.2) is 0 Å². The summed E-state index contributed by atoms with van der Waals surface area (Å²) >= 11 is 0. The van der Waals surface area contributed by atoms with Crippen LogP contribution in [0.5, 0.6) is 0 Å². The largest absolute Gasteiger partial charge is 0.481 e. The third-order valence-electron chi connectivity index (χ3n) is 4.98. The maximum Gasteiger partial charge on any atom is 0.326 e. The number of carboxylic acid groups (broad SMARTS) is 3. The van der Waals surface area contributed by atoms with E-state index in [0.29, 0.717) is 5.56 Å². The molecular formula is C23H32N4O9. The van der Waals surface area contributed by atoms with E-state index in [1.807, 2.05) is 0 Å². The Morgan fingerprint density at radius 3 is 1.75 bits per heavy atom. The van der Waals surface area contributed by atoms with Crippen molar-refractivity contribution < 1.29 is 44.1 Å². The summed E-state index contributed by atoms with van der Waals surface area (Å²) < 4.78 is 0. The van der Waals surface area contributed by atoms with Crippen LogP contribution in [0.15, 0.2) is 30.3 Å². The van der Waals surface area contributed by atoms with Crippen molar-refractivity contribution in [3.05, 3.63) is 35.9 Å². The molecule has 4 unspecified atom stereocenters. The van der Waals surface area contributed by atoms with Gasteiger partial charge in [-0.1, -0.05) is 44.2 Å². The summed E-state index contributed by atoms with van der Waals surface area (Å²) in [5.41, 5.74) is 6.15. The number of carbonyl (C=O) groups excluding carboxylic acids is 3. The van der Waals surface area contributed by atoms with Crippen molar-refractivity contribution in [3.8, 4) is 0 Å². The molecule has 8 N–H and O–H groups in total. The second-order valence-corrected chi connectivity index (χ2v) is 8.64. The van der Waals surface area contributed by atoms with E-state index in [1.165, 1.54) is 0 Å². The number of hydrogen-bond acceptors (Lipinski definition) is 7. The van der Waals surface area contributed by atoms with Crippen LogP contribution in [-0.2, 0) is 35.2 Å². The Bertz CT molecular complexity index is 952. The van der Waals surface area contributed by atoms with Crippen LogP contribution < -0.4 is 21.7 Å². The highest BCUT2D eigenvalue weighted by Gasteiger charge is 2.32. The minimum absolute atomic E-state index is 0.0739. The topological polar surface area (TPSA) is 225 Å². The number of carboxylic acids is 3. The molecule has 0 heterocycles. The molecule has 0 radical (unpaired) electrons. The number of benzene rings is 1. The number of amides is 3. The van der Waals surface area contributed by atoms with Crippen molar-refractivity contribution >= 4 is 35.6 Å². The Balaban J connectivity index is 3.01. The van der Waals surface area contributed by atoms with Crippen LogP contribution in [0.2, 0.25) is 0 Å². The van der Waals surface area contributed by atoms with Gasteiger partial charge in [-0.25, -0.2) is 4.79 Å². The lowest BCUT2D eigenvalue weighted by Crippen LogP contribution is -2.58. The van der Waals surface area contributed by atoms with E-state index in [2.05, 4.69) is 16.0 Å². The van der Waals surface area contributed by atoms with Crippen LogP contribution in [0.1, 0.15) is 38.7 Å². The summed E-state index contributed by atoms with van der Waals surface area (Å²) in [4.78, 5) is 71.7. The second-order valence-electron chi connectivity index (χ2n) is 8.64. The second kappa shape index (κ2) is 14.4. The van der Waals surface area contributed by atoms with Gasteiger partial charge in [-0.2, -0.15) is 0 Å². The third-order valence-corrected chi connectivity index (χ3v) is 4.98. The van der Waals surface area contributed by atoms with E-state index < -0.39 is 72.6 Å². The van der Waals surface area contributed by atoms with E-state index in [4.69, 9.17) is 10.8 Å². The molecule has 13 heteroatoms. The third kappa shape index (κ3) is 11.0. The normalized spacial score (nSPS) is 14.1. The van der Waals surface area contributed by atoms with E-state index in [1.54, 1.807) is 44.2 Å². The fraction of sp³-hybridized carbons (Fsp3) is 0.478. The fourth-order valence-corrected chi connectivity index (χ4v) is 3.24. The quantitative estimate of drug-likeness (QED) is 0.154. The molecule has 36 heavy (non-hydrogen) atoms. The predicted molar refractivity (Wildman–Crippen MR) is 126 cm³/mol. The maximum atomic E-state index is 12.9. The Morgan fingerprint density at radius 2 is 1.25 bits per heavy atom. The highest BCUT2D eigenvalue weighted by molar-refractivity contribution is 5.96. The van der Waals surface area contributed by atoms with Gasteiger partial charge in [0.25, 0.3) is 0 Å². The van der Waals surface area contributed by atoms with E-state index >= 15 is 0 Å². The lowest BCUT2D eigenvalue weighted by Gasteiger charge is -2.25. The zero-order valence-corrected chi connectivity index (χ0v) is 20.0. The summed E-state index contributed by atoms with van der Waals surface area (Å²) in [6.07, 6.45) is -1.53.